The van der Waals surface area contributed by atoms with Crippen LogP contribution in [0.5, 0.6) is 0 Å². The highest BCUT2D eigenvalue weighted by atomic mass is 35.5. The Morgan fingerprint density at radius 1 is 0.692 bits per heavy atom. The summed E-state index contributed by atoms with van der Waals surface area (Å²) in [6.07, 6.45) is 0.386. The molecule has 0 saturated carbocycles. The minimum atomic E-state index is -0.129. The normalized spacial score (nSPS) is 11.2. The van der Waals surface area contributed by atoms with Crippen LogP contribution in [0.1, 0.15) is 46.2 Å². The minimum absolute atomic E-state index is 0.129. The molecule has 204 valence electrons. The number of aromatic nitrogens is 6. The number of carbonyl (C=O) groups is 2. The van der Waals surface area contributed by atoms with Crippen LogP contribution in [0.25, 0.3) is 0 Å². The standard InChI is InChI=1S/C25H22Cl4N6O2S2/c1-3-34-22(30-32-24(34)38-12-20(36)16-7-5-14(26)9-18(16)28)11-23-31-33-25(35(23)4-2)39-13-21(37)17-8-6-15(27)10-19(17)29/h5-10H,3-4,11-13H2,1-2H3. The van der Waals surface area contributed by atoms with Crippen LogP contribution < -0.4 is 0 Å². The van der Waals surface area contributed by atoms with Gasteiger partial charge < -0.3 is 9.13 Å². The third-order valence-electron chi connectivity index (χ3n) is 5.66. The molecule has 0 aliphatic heterocycles. The lowest BCUT2D eigenvalue weighted by atomic mass is 10.1. The summed E-state index contributed by atoms with van der Waals surface area (Å²) < 4.78 is 3.88. The zero-order chi connectivity index (χ0) is 28.1. The maximum Gasteiger partial charge on any atom is 0.191 e. The molecule has 8 nitrogen and oxygen atoms in total. The van der Waals surface area contributed by atoms with Gasteiger partial charge in [0.25, 0.3) is 0 Å². The molecular formula is C25H22Cl4N6O2S2. The van der Waals surface area contributed by atoms with E-state index >= 15 is 0 Å². The third kappa shape index (κ3) is 7.17. The van der Waals surface area contributed by atoms with Crippen molar-refractivity contribution >= 4 is 81.5 Å². The Hall–Kier alpha value is -2.08. The second kappa shape index (κ2) is 13.5. The van der Waals surface area contributed by atoms with E-state index in [-0.39, 0.29) is 23.1 Å². The summed E-state index contributed by atoms with van der Waals surface area (Å²) in [5, 5.41) is 20.1. The van der Waals surface area contributed by atoms with E-state index in [1.54, 1.807) is 36.4 Å². The van der Waals surface area contributed by atoms with E-state index in [1.807, 2.05) is 23.0 Å². The fourth-order valence-electron chi connectivity index (χ4n) is 3.74. The summed E-state index contributed by atoms with van der Waals surface area (Å²) in [6.45, 7) is 5.18. The van der Waals surface area contributed by atoms with Crippen LogP contribution in [0.15, 0.2) is 46.7 Å². The number of ketones is 2. The van der Waals surface area contributed by atoms with Gasteiger partial charge in [-0.05, 0) is 50.2 Å². The van der Waals surface area contributed by atoms with Crippen LogP contribution in [-0.4, -0.2) is 52.6 Å². The van der Waals surface area contributed by atoms with Gasteiger partial charge in [-0.25, -0.2) is 0 Å². The van der Waals surface area contributed by atoms with E-state index in [0.717, 1.165) is 0 Å². The third-order valence-corrected chi connectivity index (χ3v) is 8.69. The minimum Gasteiger partial charge on any atom is -0.306 e. The number of halogens is 4. The largest absolute Gasteiger partial charge is 0.306 e. The molecule has 0 aliphatic carbocycles. The molecule has 14 heteroatoms. The number of rotatable bonds is 12. The first-order chi connectivity index (χ1) is 18.7. The van der Waals surface area contributed by atoms with E-state index in [9.17, 15) is 9.59 Å². The Bertz CT molecular complexity index is 1410. The highest BCUT2D eigenvalue weighted by Gasteiger charge is 2.20. The average molecular weight is 644 g/mol. The van der Waals surface area contributed by atoms with Crippen molar-refractivity contribution in [2.24, 2.45) is 0 Å². The van der Waals surface area contributed by atoms with Crippen molar-refractivity contribution in [2.45, 2.75) is 43.7 Å². The molecule has 2 aromatic heterocycles. The van der Waals surface area contributed by atoms with Crippen molar-refractivity contribution < 1.29 is 9.59 Å². The SMILES string of the molecule is CCn1c(Cc2nnc(SCC(=O)c3ccc(Cl)cc3Cl)n2CC)nnc1SCC(=O)c1ccc(Cl)cc1Cl. The van der Waals surface area contributed by atoms with Crippen LogP contribution in [0.4, 0.5) is 0 Å². The number of hydrogen-bond donors (Lipinski definition) is 0. The van der Waals surface area contributed by atoms with Crippen molar-refractivity contribution in [3.8, 4) is 0 Å². The molecular weight excluding hydrogens is 622 g/mol. The molecule has 0 atom stereocenters. The Balaban J connectivity index is 1.43. The predicted molar refractivity (Wildman–Crippen MR) is 157 cm³/mol. The number of benzene rings is 2. The molecule has 4 aromatic rings. The lowest BCUT2D eigenvalue weighted by Crippen LogP contribution is -2.10. The first kappa shape index (κ1) is 29.9. The topological polar surface area (TPSA) is 95.6 Å². The average Bonchev–Trinajstić information content (AvgIpc) is 3.48. The van der Waals surface area contributed by atoms with Crippen LogP contribution >= 0.6 is 69.9 Å². The van der Waals surface area contributed by atoms with Gasteiger partial charge in [0.05, 0.1) is 28.0 Å². The summed E-state index contributed by atoms with van der Waals surface area (Å²) >= 11 is 26.8. The molecule has 0 saturated heterocycles. The summed E-state index contributed by atoms with van der Waals surface area (Å²) in [4.78, 5) is 25.4. The highest BCUT2D eigenvalue weighted by molar-refractivity contribution is 8.00. The van der Waals surface area contributed by atoms with Gasteiger partial charge in [-0.3, -0.25) is 9.59 Å². The Morgan fingerprint density at radius 3 is 1.46 bits per heavy atom. The molecule has 0 radical (unpaired) electrons. The smallest absolute Gasteiger partial charge is 0.191 e. The number of carbonyl (C=O) groups excluding carboxylic acids is 2. The van der Waals surface area contributed by atoms with Crippen LogP contribution in [-0.2, 0) is 19.5 Å². The molecule has 0 fully saturated rings. The lowest BCUT2D eigenvalue weighted by Gasteiger charge is -2.09. The van der Waals surface area contributed by atoms with Gasteiger partial charge in [0.1, 0.15) is 11.6 Å². The highest BCUT2D eigenvalue weighted by Crippen LogP contribution is 2.27. The molecule has 0 spiro atoms. The van der Waals surface area contributed by atoms with Gasteiger partial charge in [0.2, 0.25) is 0 Å². The maximum absolute atomic E-state index is 12.7. The fourth-order valence-corrected chi connectivity index (χ4v) is 6.57. The van der Waals surface area contributed by atoms with E-state index in [2.05, 4.69) is 20.4 Å². The lowest BCUT2D eigenvalue weighted by molar-refractivity contribution is 0.101. The molecule has 2 heterocycles. The molecule has 2 aromatic carbocycles. The molecule has 0 amide bonds. The second-order valence-electron chi connectivity index (χ2n) is 8.13. The van der Waals surface area contributed by atoms with Crippen molar-refractivity contribution in [1.29, 1.82) is 0 Å². The van der Waals surface area contributed by atoms with E-state index in [1.165, 1.54) is 23.5 Å². The van der Waals surface area contributed by atoms with Crippen LogP contribution in [0.3, 0.4) is 0 Å². The van der Waals surface area contributed by atoms with Gasteiger partial charge in [0, 0.05) is 34.3 Å². The van der Waals surface area contributed by atoms with Gasteiger partial charge in [-0.2, -0.15) is 0 Å². The van der Waals surface area contributed by atoms with Crippen molar-refractivity contribution in [2.75, 3.05) is 11.5 Å². The van der Waals surface area contributed by atoms with Gasteiger partial charge in [0.15, 0.2) is 21.9 Å². The fraction of sp³-hybridized carbons (Fsp3) is 0.280. The van der Waals surface area contributed by atoms with Crippen molar-refractivity contribution in [3.63, 3.8) is 0 Å². The molecule has 0 unspecified atom stereocenters. The monoisotopic (exact) mass is 642 g/mol. The number of hydrogen-bond acceptors (Lipinski definition) is 8. The van der Waals surface area contributed by atoms with Crippen LogP contribution in [0.2, 0.25) is 20.1 Å². The summed E-state index contributed by atoms with van der Waals surface area (Å²) in [7, 11) is 0. The Morgan fingerprint density at radius 2 is 1.10 bits per heavy atom. The van der Waals surface area contributed by atoms with E-state index in [4.69, 9.17) is 46.4 Å². The second-order valence-corrected chi connectivity index (χ2v) is 11.7. The van der Waals surface area contributed by atoms with Crippen LogP contribution in [0, 0.1) is 0 Å². The van der Waals surface area contributed by atoms with Gasteiger partial charge in [-0.15, -0.1) is 20.4 Å². The Kier molecular flexibility index (Phi) is 10.4. The van der Waals surface area contributed by atoms with Crippen molar-refractivity contribution in [1.82, 2.24) is 29.5 Å². The number of Topliss-reactive ketones (excluding diaryl/α,β-unsaturated/α-hetero) is 2. The van der Waals surface area contributed by atoms with Gasteiger partial charge in [-0.1, -0.05) is 69.9 Å². The molecule has 0 aliphatic rings. The van der Waals surface area contributed by atoms with Gasteiger partial charge >= 0.3 is 0 Å². The molecule has 4 rings (SSSR count). The zero-order valence-corrected chi connectivity index (χ0v) is 25.5. The molecule has 0 bridgehead atoms. The molecule has 39 heavy (non-hydrogen) atoms. The van der Waals surface area contributed by atoms with Crippen molar-refractivity contribution in [3.05, 3.63) is 79.3 Å². The number of thioether (sulfide) groups is 2. The molecule has 0 N–H and O–H groups in total. The quantitative estimate of drug-likeness (QED) is 0.120. The Labute approximate surface area is 253 Å². The van der Waals surface area contributed by atoms with E-state index in [0.29, 0.717) is 72.7 Å². The summed E-state index contributed by atoms with van der Waals surface area (Å²) in [5.74, 6) is 1.43. The summed E-state index contributed by atoms with van der Waals surface area (Å²) in [6, 6.07) is 9.61. The number of nitrogens with zero attached hydrogens (tertiary/aromatic N) is 6. The first-order valence-corrected chi connectivity index (χ1v) is 15.3. The summed E-state index contributed by atoms with van der Waals surface area (Å²) in [5.41, 5.74) is 0.823. The predicted octanol–water partition coefficient (Wildman–Crippen LogP) is 7.06. The zero-order valence-electron chi connectivity index (χ0n) is 20.8. The first-order valence-electron chi connectivity index (χ1n) is 11.8. The van der Waals surface area contributed by atoms with E-state index < -0.39 is 0 Å². The maximum atomic E-state index is 12.7.